The minimum absolute atomic E-state index is 0.0970. The molecule has 0 spiro atoms. The van der Waals surface area contributed by atoms with E-state index >= 15 is 0 Å². The molecule has 0 atom stereocenters. The molecule has 0 saturated heterocycles. The van der Waals surface area contributed by atoms with E-state index in [-0.39, 0.29) is 24.2 Å². The number of thiophene rings is 1. The average Bonchev–Trinajstić information content (AvgIpc) is 3.11. The molecule has 27 heavy (non-hydrogen) atoms. The van der Waals surface area contributed by atoms with E-state index in [2.05, 4.69) is 15.9 Å². The SMILES string of the molecule is CCOC(=O)c1sc(CC(=O)/C(C#N)=C/c2cc(Br)c(I)o2)c(C#N)c1C. The number of halogens is 2. The summed E-state index contributed by atoms with van der Waals surface area (Å²) in [6.45, 7) is 3.54. The normalized spacial score (nSPS) is 11.0. The van der Waals surface area contributed by atoms with E-state index in [1.54, 1.807) is 19.9 Å². The van der Waals surface area contributed by atoms with E-state index < -0.39 is 11.8 Å². The zero-order valence-corrected chi connectivity index (χ0v) is 18.8. The van der Waals surface area contributed by atoms with Gasteiger partial charge in [-0.05, 0) is 41.4 Å². The van der Waals surface area contributed by atoms with Crippen LogP contribution in [0.5, 0.6) is 0 Å². The molecule has 0 saturated carbocycles. The number of rotatable bonds is 6. The van der Waals surface area contributed by atoms with Crippen LogP contribution in [-0.2, 0) is 16.0 Å². The fraction of sp³-hybridized carbons (Fsp3) is 0.222. The molecule has 0 unspecified atom stereocenters. The third-order valence-corrected chi connectivity index (χ3v) is 6.89. The van der Waals surface area contributed by atoms with Gasteiger partial charge in [0.15, 0.2) is 9.55 Å². The first kappa shape index (κ1) is 21.4. The smallest absolute Gasteiger partial charge is 0.348 e. The molecule has 0 aliphatic carbocycles. The Morgan fingerprint density at radius 2 is 2.15 bits per heavy atom. The molecule has 0 aliphatic rings. The van der Waals surface area contributed by atoms with Crippen molar-refractivity contribution < 1.29 is 18.7 Å². The fourth-order valence-electron chi connectivity index (χ4n) is 2.23. The molecule has 0 aromatic carbocycles. The van der Waals surface area contributed by atoms with Crippen molar-refractivity contribution in [3.8, 4) is 12.1 Å². The highest BCUT2D eigenvalue weighted by molar-refractivity contribution is 14.1. The number of ketones is 1. The van der Waals surface area contributed by atoms with E-state index in [1.807, 2.05) is 34.7 Å². The number of hydrogen-bond donors (Lipinski definition) is 0. The van der Waals surface area contributed by atoms with E-state index in [0.29, 0.717) is 24.8 Å². The number of furan rings is 1. The second-order valence-electron chi connectivity index (χ2n) is 5.23. The second-order valence-corrected chi connectivity index (χ2v) is 8.17. The third kappa shape index (κ3) is 4.86. The molecular weight excluding hydrogens is 547 g/mol. The molecule has 0 fully saturated rings. The summed E-state index contributed by atoms with van der Waals surface area (Å²) in [4.78, 5) is 25.3. The minimum Gasteiger partial charge on any atom is -0.462 e. The summed E-state index contributed by atoms with van der Waals surface area (Å²) in [5.74, 6) is -0.624. The summed E-state index contributed by atoms with van der Waals surface area (Å²) < 4.78 is 11.7. The molecule has 9 heteroatoms. The molecule has 0 radical (unpaired) electrons. The zero-order chi connectivity index (χ0) is 20.1. The second kappa shape index (κ2) is 9.31. The lowest BCUT2D eigenvalue weighted by Crippen LogP contribution is -2.05. The Kier molecular flexibility index (Phi) is 7.36. The van der Waals surface area contributed by atoms with Crippen LogP contribution in [0.15, 0.2) is 20.5 Å². The average molecular weight is 559 g/mol. The number of Topliss-reactive ketones (excluding diaryl/α,β-unsaturated/α-hetero) is 1. The summed E-state index contributed by atoms with van der Waals surface area (Å²) in [5, 5.41) is 18.7. The quantitative estimate of drug-likeness (QED) is 0.219. The lowest BCUT2D eigenvalue weighted by atomic mass is 10.0. The predicted molar refractivity (Wildman–Crippen MR) is 111 cm³/mol. The highest BCUT2D eigenvalue weighted by Crippen LogP contribution is 2.30. The van der Waals surface area contributed by atoms with E-state index in [9.17, 15) is 20.1 Å². The summed E-state index contributed by atoms with van der Waals surface area (Å²) in [5.41, 5.74) is 0.653. The van der Waals surface area contributed by atoms with Gasteiger partial charge in [0.2, 0.25) is 0 Å². The number of carbonyl (C=O) groups is 2. The van der Waals surface area contributed by atoms with E-state index in [4.69, 9.17) is 9.15 Å². The monoisotopic (exact) mass is 558 g/mol. The lowest BCUT2D eigenvalue weighted by molar-refractivity contribution is -0.114. The van der Waals surface area contributed by atoms with Crippen molar-refractivity contribution in [2.75, 3.05) is 6.61 Å². The molecule has 0 aliphatic heterocycles. The van der Waals surface area contributed by atoms with Gasteiger partial charge in [-0.2, -0.15) is 10.5 Å². The maximum atomic E-state index is 12.6. The number of nitrogens with zero attached hydrogens (tertiary/aromatic N) is 2. The van der Waals surface area contributed by atoms with Crippen LogP contribution >= 0.6 is 49.9 Å². The standard InChI is InChI=1S/C18H12BrIN2O4S/c1-3-25-18(24)16-9(2)12(8-22)15(27-16)6-14(23)10(7-21)4-11-5-13(19)17(20)26-11/h4-5H,3,6H2,1-2H3/b10-4+. The van der Waals surface area contributed by atoms with Crippen molar-refractivity contribution in [2.45, 2.75) is 20.3 Å². The Balaban J connectivity index is 2.33. The highest BCUT2D eigenvalue weighted by Gasteiger charge is 2.23. The zero-order valence-electron chi connectivity index (χ0n) is 14.3. The van der Waals surface area contributed by atoms with Crippen molar-refractivity contribution in [3.05, 3.63) is 46.5 Å². The van der Waals surface area contributed by atoms with Crippen molar-refractivity contribution in [3.63, 3.8) is 0 Å². The number of allylic oxidation sites excluding steroid dienone is 1. The maximum absolute atomic E-state index is 12.6. The first-order valence-electron chi connectivity index (χ1n) is 7.61. The number of esters is 1. The van der Waals surface area contributed by atoms with Gasteiger partial charge in [-0.1, -0.05) is 0 Å². The van der Waals surface area contributed by atoms with Crippen LogP contribution in [0.2, 0.25) is 0 Å². The predicted octanol–water partition coefficient (Wildman–Crippen LogP) is 4.78. The van der Waals surface area contributed by atoms with Gasteiger partial charge in [-0.25, -0.2) is 4.79 Å². The van der Waals surface area contributed by atoms with Gasteiger partial charge in [-0.15, -0.1) is 11.3 Å². The van der Waals surface area contributed by atoms with Crippen molar-refractivity contribution in [2.24, 2.45) is 0 Å². The third-order valence-electron chi connectivity index (χ3n) is 3.49. The number of nitriles is 2. The Morgan fingerprint density at radius 3 is 2.67 bits per heavy atom. The van der Waals surface area contributed by atoms with Crippen LogP contribution in [0.1, 0.15) is 38.4 Å². The van der Waals surface area contributed by atoms with Gasteiger partial charge in [0.25, 0.3) is 0 Å². The molecular formula is C18H12BrIN2O4S. The van der Waals surface area contributed by atoms with Crippen LogP contribution in [0.3, 0.4) is 0 Å². The molecule has 138 valence electrons. The molecule has 2 aromatic heterocycles. The van der Waals surface area contributed by atoms with Crippen molar-refractivity contribution in [1.29, 1.82) is 10.5 Å². The molecule has 0 bridgehead atoms. The van der Waals surface area contributed by atoms with Crippen LogP contribution in [0.25, 0.3) is 6.08 Å². The molecule has 0 amide bonds. The Morgan fingerprint density at radius 1 is 1.44 bits per heavy atom. The maximum Gasteiger partial charge on any atom is 0.348 e. The van der Waals surface area contributed by atoms with E-state index in [1.165, 1.54) is 6.08 Å². The van der Waals surface area contributed by atoms with Gasteiger partial charge in [0.05, 0.1) is 22.2 Å². The van der Waals surface area contributed by atoms with Crippen molar-refractivity contribution >= 4 is 67.7 Å². The van der Waals surface area contributed by atoms with Crippen molar-refractivity contribution in [1.82, 2.24) is 0 Å². The summed E-state index contributed by atoms with van der Waals surface area (Å²) in [6, 6.07) is 5.55. The van der Waals surface area contributed by atoms with Crippen LogP contribution in [0, 0.1) is 33.4 Å². The summed E-state index contributed by atoms with van der Waals surface area (Å²) >= 11 is 6.32. The largest absolute Gasteiger partial charge is 0.462 e. The number of carbonyl (C=O) groups excluding carboxylic acids is 2. The molecule has 0 N–H and O–H groups in total. The van der Waals surface area contributed by atoms with Gasteiger partial charge in [-0.3, -0.25) is 4.79 Å². The molecule has 2 aromatic rings. The Bertz CT molecular complexity index is 1000. The minimum atomic E-state index is -0.527. The highest BCUT2D eigenvalue weighted by atomic mass is 127. The van der Waals surface area contributed by atoms with Crippen LogP contribution in [-0.4, -0.2) is 18.4 Å². The van der Waals surface area contributed by atoms with E-state index in [0.717, 1.165) is 15.8 Å². The molecule has 6 nitrogen and oxygen atoms in total. The van der Waals surface area contributed by atoms with Gasteiger partial charge in [0, 0.05) is 40.0 Å². The topological polar surface area (TPSA) is 104 Å². The molecule has 2 heterocycles. The lowest BCUT2D eigenvalue weighted by Gasteiger charge is -1.98. The van der Waals surface area contributed by atoms with Gasteiger partial charge in [0.1, 0.15) is 22.8 Å². The van der Waals surface area contributed by atoms with Gasteiger partial charge < -0.3 is 9.15 Å². The number of ether oxygens (including phenoxy) is 1. The van der Waals surface area contributed by atoms with Crippen LogP contribution in [0.4, 0.5) is 0 Å². The summed E-state index contributed by atoms with van der Waals surface area (Å²) in [6.07, 6.45) is 1.19. The first-order valence-corrected chi connectivity index (χ1v) is 10.3. The number of hydrogen-bond acceptors (Lipinski definition) is 7. The Hall–Kier alpha value is -1.95. The first-order chi connectivity index (χ1) is 12.8. The summed E-state index contributed by atoms with van der Waals surface area (Å²) in [7, 11) is 0. The van der Waals surface area contributed by atoms with Gasteiger partial charge >= 0.3 is 5.97 Å². The van der Waals surface area contributed by atoms with Crippen LogP contribution < -0.4 is 0 Å². The Labute approximate surface area is 181 Å². The molecule has 2 rings (SSSR count). The fourth-order valence-corrected chi connectivity index (χ4v) is 4.09.